The maximum atomic E-state index is 11.6. The van der Waals surface area contributed by atoms with Gasteiger partial charge in [0.1, 0.15) is 6.61 Å². The van der Waals surface area contributed by atoms with Crippen molar-refractivity contribution in [2.75, 3.05) is 32.8 Å². The molecule has 0 rings (SSSR count). The summed E-state index contributed by atoms with van der Waals surface area (Å²) in [7, 11) is 0. The zero-order chi connectivity index (χ0) is 12.2. The highest BCUT2D eigenvalue weighted by Crippen LogP contribution is 1.96. The van der Waals surface area contributed by atoms with Crippen molar-refractivity contribution < 1.29 is 9.53 Å². The van der Waals surface area contributed by atoms with Gasteiger partial charge in [-0.15, -0.1) is 0 Å². The van der Waals surface area contributed by atoms with E-state index in [1.165, 1.54) is 4.90 Å². The van der Waals surface area contributed by atoms with Gasteiger partial charge in [-0.3, -0.25) is 4.79 Å². The summed E-state index contributed by atoms with van der Waals surface area (Å²) >= 11 is 0. The van der Waals surface area contributed by atoms with E-state index < -0.39 is 0 Å². The van der Waals surface area contributed by atoms with E-state index in [1.807, 2.05) is 12.1 Å². The van der Waals surface area contributed by atoms with Gasteiger partial charge in [0.2, 0.25) is 5.91 Å². The maximum absolute atomic E-state index is 11.6. The highest BCUT2D eigenvalue weighted by molar-refractivity contribution is 5.77. The van der Waals surface area contributed by atoms with E-state index in [9.17, 15) is 4.79 Å². The third kappa shape index (κ3) is 6.77. The third-order valence-electron chi connectivity index (χ3n) is 1.83. The Balaban J connectivity index is 4.00. The molecule has 6 nitrogen and oxygen atoms in total. The molecule has 0 atom stereocenters. The number of carbonyl (C=O) groups excluding carboxylic acids is 1. The monoisotopic (exact) mass is 224 g/mol. The van der Waals surface area contributed by atoms with Crippen molar-refractivity contribution >= 4 is 5.91 Å². The quantitative estimate of drug-likeness (QED) is 0.566. The largest absolute Gasteiger partial charge is 0.370 e. The molecular weight excluding hydrogens is 208 g/mol. The fraction of sp³-hybridized carbons (Fsp3) is 0.700. The molecule has 0 radical (unpaired) electrons. The van der Waals surface area contributed by atoms with Crippen LogP contribution in [0.2, 0.25) is 0 Å². The number of nitrogens with two attached hydrogens (primary N) is 1. The Morgan fingerprint density at radius 2 is 1.81 bits per heavy atom. The SMILES string of the molecule is N#CCCN(CCC#N)C(=O)COCCN. The zero-order valence-corrected chi connectivity index (χ0v) is 9.19. The van der Waals surface area contributed by atoms with Crippen LogP contribution in [0, 0.1) is 22.7 Å². The predicted molar refractivity (Wildman–Crippen MR) is 56.9 cm³/mol. The molecule has 0 aliphatic heterocycles. The lowest BCUT2D eigenvalue weighted by atomic mass is 10.3. The van der Waals surface area contributed by atoms with Crippen molar-refractivity contribution in [3.8, 4) is 12.1 Å². The van der Waals surface area contributed by atoms with Gasteiger partial charge in [-0.1, -0.05) is 0 Å². The molecule has 0 aromatic rings. The Kier molecular flexibility index (Phi) is 8.90. The lowest BCUT2D eigenvalue weighted by Gasteiger charge is -2.20. The summed E-state index contributed by atoms with van der Waals surface area (Å²) in [5, 5.41) is 16.9. The second-order valence-electron chi connectivity index (χ2n) is 3.04. The lowest BCUT2D eigenvalue weighted by molar-refractivity contribution is -0.135. The minimum absolute atomic E-state index is 0.0476. The van der Waals surface area contributed by atoms with E-state index in [2.05, 4.69) is 0 Å². The molecule has 0 aromatic heterocycles. The molecule has 16 heavy (non-hydrogen) atoms. The molecule has 88 valence electrons. The predicted octanol–water partition coefficient (Wildman–Crippen LogP) is -0.382. The van der Waals surface area contributed by atoms with Crippen molar-refractivity contribution in [2.24, 2.45) is 5.73 Å². The molecule has 1 amide bonds. The Morgan fingerprint density at radius 3 is 2.25 bits per heavy atom. The van der Waals surface area contributed by atoms with Gasteiger partial charge in [-0.2, -0.15) is 10.5 Å². The summed E-state index contributed by atoms with van der Waals surface area (Å²) in [4.78, 5) is 13.0. The molecule has 2 N–H and O–H groups in total. The summed E-state index contributed by atoms with van der Waals surface area (Å²) in [5.74, 6) is -0.209. The van der Waals surface area contributed by atoms with Gasteiger partial charge in [-0.05, 0) is 0 Å². The Bertz CT molecular complexity index is 262. The van der Waals surface area contributed by atoms with Crippen LogP contribution in [-0.2, 0) is 9.53 Å². The van der Waals surface area contributed by atoms with Gasteiger partial charge in [0, 0.05) is 19.6 Å². The Hall–Kier alpha value is -1.63. The van der Waals surface area contributed by atoms with Gasteiger partial charge in [0.15, 0.2) is 0 Å². The minimum Gasteiger partial charge on any atom is -0.370 e. The summed E-state index contributed by atoms with van der Waals surface area (Å²) in [5.41, 5.74) is 5.22. The first-order chi connectivity index (χ1) is 7.76. The summed E-state index contributed by atoms with van der Waals surface area (Å²) in [6, 6.07) is 3.92. The standard InChI is InChI=1S/C10H16N4O2/c11-3-1-6-14(7-2-4-12)10(15)9-16-8-5-13/h1-2,5-9,13H2. The van der Waals surface area contributed by atoms with Gasteiger partial charge in [0.25, 0.3) is 0 Å². The average Bonchev–Trinajstić information content (AvgIpc) is 2.29. The Morgan fingerprint density at radius 1 is 1.25 bits per heavy atom. The van der Waals surface area contributed by atoms with E-state index in [1.54, 1.807) is 0 Å². The molecule has 0 aliphatic carbocycles. The molecular formula is C10H16N4O2. The highest BCUT2D eigenvalue weighted by atomic mass is 16.5. The number of hydrogen-bond acceptors (Lipinski definition) is 5. The van der Waals surface area contributed by atoms with Gasteiger partial charge in [-0.25, -0.2) is 0 Å². The average molecular weight is 224 g/mol. The number of amides is 1. The van der Waals surface area contributed by atoms with Crippen LogP contribution in [0.5, 0.6) is 0 Å². The fourth-order valence-corrected chi connectivity index (χ4v) is 1.07. The van der Waals surface area contributed by atoms with Gasteiger partial charge >= 0.3 is 0 Å². The van der Waals surface area contributed by atoms with Crippen LogP contribution in [0.25, 0.3) is 0 Å². The van der Waals surface area contributed by atoms with E-state index in [-0.39, 0.29) is 25.4 Å². The van der Waals surface area contributed by atoms with Crippen molar-refractivity contribution in [3.63, 3.8) is 0 Å². The van der Waals surface area contributed by atoms with Crippen molar-refractivity contribution in [1.82, 2.24) is 4.90 Å². The fourth-order valence-electron chi connectivity index (χ4n) is 1.07. The smallest absolute Gasteiger partial charge is 0.248 e. The molecule has 0 heterocycles. The first kappa shape index (κ1) is 14.4. The zero-order valence-electron chi connectivity index (χ0n) is 9.19. The van der Waals surface area contributed by atoms with Crippen molar-refractivity contribution in [2.45, 2.75) is 12.8 Å². The topological polar surface area (TPSA) is 103 Å². The van der Waals surface area contributed by atoms with Crippen molar-refractivity contribution in [1.29, 1.82) is 10.5 Å². The Labute approximate surface area is 95.2 Å². The lowest BCUT2D eigenvalue weighted by Crippen LogP contribution is -2.36. The number of hydrogen-bond donors (Lipinski definition) is 1. The number of rotatable bonds is 8. The number of ether oxygens (including phenoxy) is 1. The van der Waals surface area contributed by atoms with Gasteiger partial charge in [0.05, 0.1) is 31.6 Å². The normalized spacial score (nSPS) is 9.19. The first-order valence-electron chi connectivity index (χ1n) is 5.05. The molecule has 0 fully saturated rings. The van der Waals surface area contributed by atoms with Crippen LogP contribution in [-0.4, -0.2) is 43.7 Å². The van der Waals surface area contributed by atoms with Crippen molar-refractivity contribution in [3.05, 3.63) is 0 Å². The van der Waals surface area contributed by atoms with Crippen LogP contribution >= 0.6 is 0 Å². The molecule has 0 saturated carbocycles. The van der Waals surface area contributed by atoms with E-state index >= 15 is 0 Å². The van der Waals surface area contributed by atoms with E-state index in [4.69, 9.17) is 21.0 Å². The summed E-state index contributed by atoms with van der Waals surface area (Å²) in [6.45, 7) is 1.32. The highest BCUT2D eigenvalue weighted by Gasteiger charge is 2.12. The first-order valence-corrected chi connectivity index (χ1v) is 5.05. The second kappa shape index (κ2) is 9.91. The van der Waals surface area contributed by atoms with Crippen LogP contribution in [0.4, 0.5) is 0 Å². The van der Waals surface area contributed by atoms with E-state index in [0.717, 1.165) is 0 Å². The van der Waals surface area contributed by atoms with Gasteiger partial charge < -0.3 is 15.4 Å². The number of nitrogens with zero attached hydrogens (tertiary/aromatic N) is 3. The summed E-state index contributed by atoms with van der Waals surface area (Å²) in [6.07, 6.45) is 0.516. The maximum Gasteiger partial charge on any atom is 0.248 e. The second-order valence-corrected chi connectivity index (χ2v) is 3.04. The number of carbonyl (C=O) groups is 1. The molecule has 0 aromatic carbocycles. The summed E-state index contributed by atoms with van der Waals surface area (Å²) < 4.78 is 5.00. The van der Waals surface area contributed by atoms with Crippen LogP contribution < -0.4 is 5.73 Å². The van der Waals surface area contributed by atoms with Crippen LogP contribution in [0.1, 0.15) is 12.8 Å². The minimum atomic E-state index is -0.209. The van der Waals surface area contributed by atoms with Crippen LogP contribution in [0.3, 0.4) is 0 Å². The number of nitriles is 2. The van der Waals surface area contributed by atoms with E-state index in [0.29, 0.717) is 26.2 Å². The molecule has 6 heteroatoms. The molecule has 0 unspecified atom stereocenters. The molecule has 0 bridgehead atoms. The third-order valence-corrected chi connectivity index (χ3v) is 1.83. The molecule has 0 spiro atoms. The van der Waals surface area contributed by atoms with Crippen LogP contribution in [0.15, 0.2) is 0 Å². The molecule has 0 aliphatic rings. The molecule has 0 saturated heterocycles.